The standard InChI is InChI=1S/C13H21NO5S/c1-3-5-7-10-9-11(15)14(8-6-4-2)13(16)12(10)20(17,18)19/h9,16H,3-8H2,1-2H3,(H,17,18,19). The molecule has 0 atom stereocenters. The summed E-state index contributed by atoms with van der Waals surface area (Å²) >= 11 is 0. The summed E-state index contributed by atoms with van der Waals surface area (Å²) in [7, 11) is -4.57. The molecule has 0 amide bonds. The van der Waals surface area contributed by atoms with Crippen molar-refractivity contribution in [2.24, 2.45) is 0 Å². The lowest BCUT2D eigenvalue weighted by Gasteiger charge is -2.14. The minimum Gasteiger partial charge on any atom is -0.493 e. The lowest BCUT2D eigenvalue weighted by atomic mass is 10.1. The first-order chi connectivity index (χ1) is 9.32. The summed E-state index contributed by atoms with van der Waals surface area (Å²) in [5, 5.41) is 10.0. The van der Waals surface area contributed by atoms with Gasteiger partial charge in [0.05, 0.1) is 0 Å². The van der Waals surface area contributed by atoms with E-state index in [1.165, 1.54) is 6.07 Å². The molecular weight excluding hydrogens is 282 g/mol. The van der Waals surface area contributed by atoms with Gasteiger partial charge in [-0.1, -0.05) is 26.7 Å². The van der Waals surface area contributed by atoms with E-state index < -0.39 is 26.5 Å². The Labute approximate surface area is 118 Å². The fraction of sp³-hybridized carbons (Fsp3) is 0.615. The van der Waals surface area contributed by atoms with Crippen molar-refractivity contribution >= 4 is 10.1 Å². The Balaban J connectivity index is 3.45. The molecule has 1 rings (SSSR count). The van der Waals surface area contributed by atoms with Crippen LogP contribution in [-0.2, 0) is 23.1 Å². The highest BCUT2D eigenvalue weighted by atomic mass is 32.2. The molecule has 0 aliphatic heterocycles. The summed E-state index contributed by atoms with van der Waals surface area (Å²) in [5.41, 5.74) is -0.279. The van der Waals surface area contributed by atoms with Crippen LogP contribution in [0, 0.1) is 0 Å². The SMILES string of the molecule is CCCCc1cc(=O)n(CCCC)c(O)c1S(=O)(=O)O. The van der Waals surface area contributed by atoms with Gasteiger partial charge in [0.1, 0.15) is 0 Å². The van der Waals surface area contributed by atoms with E-state index in [1.807, 2.05) is 13.8 Å². The highest BCUT2D eigenvalue weighted by Crippen LogP contribution is 2.26. The van der Waals surface area contributed by atoms with Gasteiger partial charge in [-0.25, -0.2) is 0 Å². The molecule has 1 aromatic heterocycles. The lowest BCUT2D eigenvalue weighted by Crippen LogP contribution is -2.23. The molecule has 0 unspecified atom stereocenters. The summed E-state index contributed by atoms with van der Waals surface area (Å²) in [6, 6.07) is 1.19. The molecule has 7 heteroatoms. The topological polar surface area (TPSA) is 96.6 Å². The molecule has 0 saturated heterocycles. The van der Waals surface area contributed by atoms with Gasteiger partial charge in [0.15, 0.2) is 4.90 Å². The quantitative estimate of drug-likeness (QED) is 0.750. The van der Waals surface area contributed by atoms with E-state index in [2.05, 4.69) is 0 Å². The first-order valence-corrected chi connectivity index (χ1v) is 8.20. The van der Waals surface area contributed by atoms with Gasteiger partial charge < -0.3 is 5.11 Å². The Morgan fingerprint density at radius 3 is 2.30 bits per heavy atom. The molecule has 0 bridgehead atoms. The zero-order chi connectivity index (χ0) is 15.3. The summed E-state index contributed by atoms with van der Waals surface area (Å²) in [5.74, 6) is -0.667. The van der Waals surface area contributed by atoms with Gasteiger partial charge in [-0.2, -0.15) is 8.42 Å². The highest BCUT2D eigenvalue weighted by molar-refractivity contribution is 7.86. The number of aromatic hydroxyl groups is 1. The van der Waals surface area contributed by atoms with E-state index in [1.54, 1.807) is 0 Å². The van der Waals surface area contributed by atoms with Gasteiger partial charge in [-0.15, -0.1) is 0 Å². The van der Waals surface area contributed by atoms with Crippen LogP contribution >= 0.6 is 0 Å². The normalized spacial score (nSPS) is 11.8. The molecule has 0 aliphatic carbocycles. The van der Waals surface area contributed by atoms with Crippen LogP contribution in [0.4, 0.5) is 0 Å². The van der Waals surface area contributed by atoms with Crippen LogP contribution in [0.5, 0.6) is 5.88 Å². The molecule has 0 spiro atoms. The minimum atomic E-state index is -4.57. The number of rotatable bonds is 7. The highest BCUT2D eigenvalue weighted by Gasteiger charge is 2.24. The third-order valence-electron chi connectivity index (χ3n) is 3.11. The maximum Gasteiger partial charge on any atom is 0.300 e. The van der Waals surface area contributed by atoms with Crippen molar-refractivity contribution in [3.63, 3.8) is 0 Å². The molecule has 0 radical (unpaired) electrons. The molecule has 0 saturated carbocycles. The lowest BCUT2D eigenvalue weighted by molar-refractivity contribution is 0.378. The number of aromatic nitrogens is 1. The van der Waals surface area contributed by atoms with Gasteiger partial charge in [0.2, 0.25) is 5.88 Å². The Bertz CT molecular complexity index is 618. The summed E-state index contributed by atoms with van der Waals surface area (Å²) < 4.78 is 33.2. The summed E-state index contributed by atoms with van der Waals surface area (Å²) in [4.78, 5) is 11.4. The van der Waals surface area contributed by atoms with Crippen molar-refractivity contribution in [1.29, 1.82) is 0 Å². The number of aryl methyl sites for hydroxylation is 1. The maximum atomic E-state index is 11.9. The number of unbranched alkanes of at least 4 members (excludes halogenated alkanes) is 2. The first-order valence-electron chi connectivity index (χ1n) is 6.76. The largest absolute Gasteiger partial charge is 0.493 e. The number of pyridine rings is 1. The second-order valence-electron chi connectivity index (χ2n) is 4.74. The number of nitrogens with zero attached hydrogens (tertiary/aromatic N) is 1. The van der Waals surface area contributed by atoms with Crippen LogP contribution in [0.2, 0.25) is 0 Å². The predicted octanol–water partition coefficient (Wildman–Crippen LogP) is 1.94. The maximum absolute atomic E-state index is 11.9. The monoisotopic (exact) mass is 303 g/mol. The van der Waals surface area contributed by atoms with Crippen molar-refractivity contribution < 1.29 is 18.1 Å². The third kappa shape index (κ3) is 3.83. The van der Waals surface area contributed by atoms with E-state index in [4.69, 9.17) is 0 Å². The molecule has 0 fully saturated rings. The molecular formula is C13H21NO5S. The molecule has 1 heterocycles. The third-order valence-corrected chi connectivity index (χ3v) is 4.07. The van der Waals surface area contributed by atoms with Gasteiger partial charge >= 0.3 is 0 Å². The van der Waals surface area contributed by atoms with Gasteiger partial charge in [-0.05, 0) is 24.8 Å². The number of hydrogen-bond acceptors (Lipinski definition) is 4. The van der Waals surface area contributed by atoms with Crippen molar-refractivity contribution in [2.75, 3.05) is 0 Å². The predicted molar refractivity (Wildman–Crippen MR) is 75.7 cm³/mol. The van der Waals surface area contributed by atoms with Crippen molar-refractivity contribution in [2.45, 2.75) is 57.4 Å². The molecule has 0 aromatic carbocycles. The van der Waals surface area contributed by atoms with Crippen molar-refractivity contribution in [3.8, 4) is 5.88 Å². The zero-order valence-electron chi connectivity index (χ0n) is 11.8. The van der Waals surface area contributed by atoms with Gasteiger partial charge in [0.25, 0.3) is 15.7 Å². The molecule has 114 valence electrons. The smallest absolute Gasteiger partial charge is 0.300 e. The van der Waals surface area contributed by atoms with Crippen molar-refractivity contribution in [1.82, 2.24) is 4.57 Å². The van der Waals surface area contributed by atoms with Crippen molar-refractivity contribution in [3.05, 3.63) is 22.0 Å². The molecule has 0 aliphatic rings. The van der Waals surface area contributed by atoms with Gasteiger partial charge in [-0.3, -0.25) is 13.9 Å². The molecule has 20 heavy (non-hydrogen) atoms. The fourth-order valence-electron chi connectivity index (χ4n) is 2.03. The van der Waals surface area contributed by atoms with E-state index >= 15 is 0 Å². The van der Waals surface area contributed by atoms with Crippen LogP contribution in [0.25, 0.3) is 0 Å². The Morgan fingerprint density at radius 2 is 1.80 bits per heavy atom. The van der Waals surface area contributed by atoms with E-state index in [9.17, 15) is 22.9 Å². The molecule has 1 aromatic rings. The first kappa shape index (κ1) is 16.7. The molecule has 2 N–H and O–H groups in total. The zero-order valence-corrected chi connectivity index (χ0v) is 12.6. The second-order valence-corrected chi connectivity index (χ2v) is 6.10. The Hall–Kier alpha value is -1.34. The summed E-state index contributed by atoms with van der Waals surface area (Å²) in [6.45, 7) is 4.06. The van der Waals surface area contributed by atoms with Crippen LogP contribution in [0.1, 0.15) is 45.1 Å². The van der Waals surface area contributed by atoms with Crippen LogP contribution < -0.4 is 5.56 Å². The van der Waals surface area contributed by atoms with Gasteiger partial charge in [0, 0.05) is 12.6 Å². The van der Waals surface area contributed by atoms with E-state index in [-0.39, 0.29) is 12.1 Å². The Morgan fingerprint density at radius 1 is 1.20 bits per heavy atom. The minimum absolute atomic E-state index is 0.171. The van der Waals surface area contributed by atoms with E-state index in [0.717, 1.165) is 17.4 Å². The second kappa shape index (κ2) is 6.90. The average molecular weight is 303 g/mol. The molecule has 6 nitrogen and oxygen atoms in total. The number of hydrogen-bond donors (Lipinski definition) is 2. The Kier molecular flexibility index (Phi) is 5.76. The van der Waals surface area contributed by atoms with Crippen LogP contribution in [0.15, 0.2) is 15.8 Å². The fourth-order valence-corrected chi connectivity index (χ4v) is 2.86. The average Bonchev–Trinajstić information content (AvgIpc) is 2.33. The summed E-state index contributed by atoms with van der Waals surface area (Å²) in [6.07, 6.45) is 3.23. The van der Waals surface area contributed by atoms with Crippen LogP contribution in [-0.4, -0.2) is 22.6 Å². The van der Waals surface area contributed by atoms with E-state index in [0.29, 0.717) is 19.3 Å². The van der Waals surface area contributed by atoms with Crippen LogP contribution in [0.3, 0.4) is 0 Å².